The van der Waals surface area contributed by atoms with E-state index in [9.17, 15) is 9.18 Å². The van der Waals surface area contributed by atoms with Crippen LogP contribution in [0.1, 0.15) is 5.56 Å². The number of urea groups is 1. The van der Waals surface area contributed by atoms with E-state index in [2.05, 4.69) is 15.6 Å². The maximum absolute atomic E-state index is 13.7. The maximum atomic E-state index is 13.7. The number of halogens is 3. The quantitative estimate of drug-likeness (QED) is 0.356. The minimum Gasteiger partial charge on any atom is -0.489 e. The van der Waals surface area contributed by atoms with E-state index in [1.165, 1.54) is 12.1 Å². The largest absolute Gasteiger partial charge is 0.489 e. The van der Waals surface area contributed by atoms with Crippen LogP contribution in [0.5, 0.6) is 5.75 Å². The molecule has 7 nitrogen and oxygen atoms in total. The van der Waals surface area contributed by atoms with Gasteiger partial charge in [0.05, 0.1) is 18.2 Å². The van der Waals surface area contributed by atoms with Crippen molar-refractivity contribution in [2.24, 2.45) is 0 Å². The number of nitrogens with zero attached hydrogens (tertiary/aromatic N) is 1. The van der Waals surface area contributed by atoms with Gasteiger partial charge in [0.15, 0.2) is 11.6 Å². The van der Waals surface area contributed by atoms with Gasteiger partial charge in [0.25, 0.3) is 0 Å². The lowest BCUT2D eigenvalue weighted by molar-refractivity contribution is 0.245. The number of anilines is 2. The third kappa shape index (κ3) is 6.00. The molecule has 0 aliphatic rings. The van der Waals surface area contributed by atoms with Gasteiger partial charge >= 0.3 is 6.03 Å². The molecule has 1 heterocycles. The summed E-state index contributed by atoms with van der Waals surface area (Å²) in [5.74, 6) is 0.0406. The lowest BCUT2D eigenvalue weighted by atomic mass is 10.1. The number of carbonyl (C=O) groups excluding carboxylic acids is 1. The number of pyridine rings is 1. The fourth-order valence-corrected chi connectivity index (χ4v) is 3.44. The summed E-state index contributed by atoms with van der Waals surface area (Å²) in [5, 5.41) is 14.2. The summed E-state index contributed by atoms with van der Waals surface area (Å²) in [6, 6.07) is 11.1. The van der Waals surface area contributed by atoms with Gasteiger partial charge in [0.2, 0.25) is 0 Å². The molecule has 3 aromatic rings. The van der Waals surface area contributed by atoms with E-state index in [1.54, 1.807) is 24.4 Å². The highest BCUT2D eigenvalue weighted by molar-refractivity contribution is 6.36. The lowest BCUT2D eigenvalue weighted by Gasteiger charge is -2.12. The molecule has 2 amide bonds. The minimum absolute atomic E-state index is 0.0281. The van der Waals surface area contributed by atoms with Gasteiger partial charge in [-0.1, -0.05) is 35.3 Å². The van der Waals surface area contributed by atoms with Crippen LogP contribution in [0.2, 0.25) is 10.0 Å². The van der Waals surface area contributed by atoms with Crippen molar-refractivity contribution in [1.29, 1.82) is 0 Å². The molecular weight excluding hydrogens is 458 g/mol. The van der Waals surface area contributed by atoms with E-state index in [0.29, 0.717) is 22.0 Å². The van der Waals surface area contributed by atoms with E-state index < -0.39 is 11.8 Å². The van der Waals surface area contributed by atoms with Crippen LogP contribution in [0, 0.1) is 5.82 Å². The number of aromatic nitrogens is 1. The lowest BCUT2D eigenvalue weighted by Crippen LogP contribution is -2.30. The fraction of sp³-hybridized carbons (Fsp3) is 0.182. The second-order valence-electron chi connectivity index (χ2n) is 6.71. The number of hydrogen-bond donors (Lipinski definition) is 4. The topological polar surface area (TPSA) is 110 Å². The zero-order valence-electron chi connectivity index (χ0n) is 16.9. The Morgan fingerprint density at radius 3 is 2.62 bits per heavy atom. The molecule has 10 heteroatoms. The SMILES string of the molecule is Nc1ncc(-c2ccc(NC(=O)NCCO)cc2)cc1OCCc1c(Cl)ccc(F)c1Cl. The van der Waals surface area contributed by atoms with Crippen LogP contribution in [0.25, 0.3) is 11.1 Å². The van der Waals surface area contributed by atoms with Crippen molar-refractivity contribution in [3.8, 4) is 16.9 Å². The third-order valence-corrected chi connectivity index (χ3v) is 5.27. The van der Waals surface area contributed by atoms with Crippen LogP contribution in [0.4, 0.5) is 20.7 Å². The number of ether oxygens (including phenoxy) is 1. The van der Waals surface area contributed by atoms with Crippen molar-refractivity contribution in [3.05, 3.63) is 70.1 Å². The highest BCUT2D eigenvalue weighted by Gasteiger charge is 2.12. The number of aliphatic hydroxyl groups excluding tert-OH is 1. The van der Waals surface area contributed by atoms with Gasteiger partial charge in [-0.3, -0.25) is 0 Å². The van der Waals surface area contributed by atoms with Crippen molar-refractivity contribution in [2.75, 3.05) is 30.8 Å². The highest BCUT2D eigenvalue weighted by atomic mass is 35.5. The number of aliphatic hydroxyl groups is 1. The molecule has 3 rings (SSSR count). The molecule has 5 N–H and O–H groups in total. The molecule has 0 spiro atoms. The van der Waals surface area contributed by atoms with E-state index in [1.807, 2.05) is 12.1 Å². The first-order chi connectivity index (χ1) is 15.4. The summed E-state index contributed by atoms with van der Waals surface area (Å²) in [5.41, 5.74) is 8.57. The summed E-state index contributed by atoms with van der Waals surface area (Å²) in [6.45, 7) is 0.203. The molecule has 0 aliphatic heterocycles. The first-order valence-corrected chi connectivity index (χ1v) is 10.4. The number of amides is 2. The minimum atomic E-state index is -0.543. The monoisotopic (exact) mass is 478 g/mol. The number of rotatable bonds is 8. The molecule has 32 heavy (non-hydrogen) atoms. The van der Waals surface area contributed by atoms with Gasteiger partial charge in [-0.15, -0.1) is 0 Å². The Morgan fingerprint density at radius 1 is 1.16 bits per heavy atom. The van der Waals surface area contributed by atoms with Crippen molar-refractivity contribution in [1.82, 2.24) is 10.3 Å². The Labute approximate surface area is 194 Å². The summed E-state index contributed by atoms with van der Waals surface area (Å²) in [7, 11) is 0. The second kappa shape index (κ2) is 11.0. The molecule has 168 valence electrons. The fourth-order valence-electron chi connectivity index (χ4n) is 2.88. The van der Waals surface area contributed by atoms with Crippen LogP contribution in [0.15, 0.2) is 48.7 Å². The zero-order chi connectivity index (χ0) is 23.1. The molecule has 2 aromatic carbocycles. The van der Waals surface area contributed by atoms with Gasteiger partial charge in [-0.25, -0.2) is 14.2 Å². The Bertz CT molecular complexity index is 1100. The predicted molar refractivity (Wildman–Crippen MR) is 124 cm³/mol. The molecule has 0 radical (unpaired) electrons. The summed E-state index contributed by atoms with van der Waals surface area (Å²) < 4.78 is 19.4. The van der Waals surface area contributed by atoms with Gasteiger partial charge < -0.3 is 26.2 Å². The van der Waals surface area contributed by atoms with Gasteiger partial charge in [-0.05, 0) is 41.5 Å². The van der Waals surface area contributed by atoms with Gasteiger partial charge in [0, 0.05) is 35.4 Å². The Hall–Kier alpha value is -3.07. The summed E-state index contributed by atoms with van der Waals surface area (Å²) >= 11 is 12.1. The molecule has 0 bridgehead atoms. The molecule has 0 fully saturated rings. The van der Waals surface area contributed by atoms with Crippen molar-refractivity contribution < 1.29 is 19.0 Å². The molecule has 0 saturated heterocycles. The molecule has 0 aliphatic carbocycles. The number of nitrogen functional groups attached to an aromatic ring is 1. The molecule has 0 atom stereocenters. The molecule has 0 saturated carbocycles. The Morgan fingerprint density at radius 2 is 1.91 bits per heavy atom. The van der Waals surface area contributed by atoms with Crippen LogP contribution in [0.3, 0.4) is 0 Å². The van der Waals surface area contributed by atoms with Crippen molar-refractivity contribution in [2.45, 2.75) is 6.42 Å². The first kappa shape index (κ1) is 23.6. The van der Waals surface area contributed by atoms with Gasteiger partial charge in [0.1, 0.15) is 5.82 Å². The van der Waals surface area contributed by atoms with E-state index in [-0.39, 0.29) is 37.0 Å². The number of nitrogens with two attached hydrogens (primary N) is 1. The number of benzene rings is 2. The number of nitrogens with one attached hydrogen (secondary N) is 2. The molecular formula is C22H21Cl2FN4O3. The van der Waals surface area contributed by atoms with E-state index in [0.717, 1.165) is 11.1 Å². The van der Waals surface area contributed by atoms with Gasteiger partial charge in [-0.2, -0.15) is 0 Å². The first-order valence-electron chi connectivity index (χ1n) is 9.66. The number of carbonyl (C=O) groups is 1. The normalized spacial score (nSPS) is 10.6. The maximum Gasteiger partial charge on any atom is 0.319 e. The van der Waals surface area contributed by atoms with Crippen LogP contribution in [-0.4, -0.2) is 35.9 Å². The average molecular weight is 479 g/mol. The van der Waals surface area contributed by atoms with E-state index in [4.69, 9.17) is 38.8 Å². The summed E-state index contributed by atoms with van der Waals surface area (Å²) in [4.78, 5) is 15.8. The number of hydrogen-bond acceptors (Lipinski definition) is 5. The smallest absolute Gasteiger partial charge is 0.319 e. The molecule has 0 unspecified atom stereocenters. The van der Waals surface area contributed by atoms with E-state index >= 15 is 0 Å². The summed E-state index contributed by atoms with van der Waals surface area (Å²) in [6.07, 6.45) is 1.90. The highest BCUT2D eigenvalue weighted by Crippen LogP contribution is 2.30. The zero-order valence-corrected chi connectivity index (χ0v) is 18.4. The molecule has 1 aromatic heterocycles. The van der Waals surface area contributed by atoms with Crippen LogP contribution >= 0.6 is 23.2 Å². The predicted octanol–water partition coefficient (Wildman–Crippen LogP) is 4.51. The van der Waals surface area contributed by atoms with Crippen molar-refractivity contribution in [3.63, 3.8) is 0 Å². The average Bonchev–Trinajstić information content (AvgIpc) is 2.79. The Balaban J connectivity index is 1.67. The van der Waals surface area contributed by atoms with Crippen molar-refractivity contribution >= 4 is 40.7 Å². The van der Waals surface area contributed by atoms with Crippen LogP contribution in [-0.2, 0) is 6.42 Å². The second-order valence-corrected chi connectivity index (χ2v) is 7.49. The Kier molecular flexibility index (Phi) is 8.10. The third-order valence-electron chi connectivity index (χ3n) is 4.50. The standard InChI is InChI=1S/C22H21Cl2FN4O3/c23-17-5-6-18(25)20(24)16(17)7-10-32-19-11-14(12-28-21(19)26)13-1-3-15(4-2-13)29-22(31)27-8-9-30/h1-6,11-12,30H,7-10H2,(H2,26,28)(H2,27,29,31). The van der Waals surface area contributed by atoms with Crippen LogP contribution < -0.4 is 21.1 Å².